The van der Waals surface area contributed by atoms with Crippen molar-refractivity contribution in [2.24, 2.45) is 0 Å². The lowest BCUT2D eigenvalue weighted by atomic mass is 10.1. The third kappa shape index (κ3) is 3.89. The molecule has 1 aliphatic heterocycles. The molecule has 0 radical (unpaired) electrons. The van der Waals surface area contributed by atoms with Crippen LogP contribution in [0.1, 0.15) is 27.2 Å². The molecule has 140 valence electrons. The van der Waals surface area contributed by atoms with E-state index in [0.29, 0.717) is 5.76 Å². The second kappa shape index (κ2) is 7.79. The molecule has 2 aromatic carbocycles. The Hall–Kier alpha value is -2.24. The fraction of sp³-hybridized carbons (Fsp3) is 0.318. The Bertz CT molecular complexity index is 974. The van der Waals surface area contributed by atoms with Crippen molar-refractivity contribution in [2.45, 2.75) is 20.4 Å². The molecule has 5 heteroatoms. The van der Waals surface area contributed by atoms with Crippen LogP contribution >= 0.6 is 11.8 Å². The topological polar surface area (TPSA) is 45.5 Å². The van der Waals surface area contributed by atoms with Gasteiger partial charge in [-0.25, -0.2) is 0 Å². The molecule has 2 heterocycles. The number of thioether (sulfide) groups is 1. The molecular weight excluding hydrogens is 356 g/mol. The van der Waals surface area contributed by atoms with Gasteiger partial charge in [-0.05, 0) is 37.1 Å². The summed E-state index contributed by atoms with van der Waals surface area (Å²) in [5.74, 6) is 2.60. The standard InChI is InChI=1S/C22H24N2O2S/c1-15-13-17(14-24-9-11-27-12-10-24)7-8-19(15)23-22(25)21-16(2)18-5-3-4-6-20(18)26-21/h3-8,13H,9-12,14H2,1-2H3,(H,23,25). The molecule has 1 aliphatic rings. The second-order valence-electron chi connectivity index (χ2n) is 7.04. The van der Waals surface area contributed by atoms with E-state index in [2.05, 4.69) is 22.3 Å². The monoisotopic (exact) mass is 380 g/mol. The van der Waals surface area contributed by atoms with Crippen molar-refractivity contribution in [3.05, 3.63) is 64.9 Å². The molecule has 27 heavy (non-hydrogen) atoms. The van der Waals surface area contributed by atoms with Gasteiger partial charge in [-0.15, -0.1) is 0 Å². The molecule has 1 N–H and O–H groups in total. The molecule has 4 rings (SSSR count). The first kappa shape index (κ1) is 18.1. The maximum absolute atomic E-state index is 12.7. The smallest absolute Gasteiger partial charge is 0.291 e. The Morgan fingerprint density at radius 2 is 1.93 bits per heavy atom. The van der Waals surface area contributed by atoms with Crippen molar-refractivity contribution in [1.29, 1.82) is 0 Å². The number of rotatable bonds is 4. The highest BCUT2D eigenvalue weighted by Crippen LogP contribution is 2.26. The van der Waals surface area contributed by atoms with E-state index in [1.165, 1.54) is 17.1 Å². The Balaban J connectivity index is 1.49. The van der Waals surface area contributed by atoms with Crippen LogP contribution < -0.4 is 5.32 Å². The number of hydrogen-bond acceptors (Lipinski definition) is 4. The minimum atomic E-state index is -0.201. The molecule has 1 aromatic heterocycles. The van der Waals surface area contributed by atoms with Crippen LogP contribution in [0, 0.1) is 13.8 Å². The second-order valence-corrected chi connectivity index (χ2v) is 8.27. The molecule has 3 aromatic rings. The maximum atomic E-state index is 12.7. The number of hydrogen-bond donors (Lipinski definition) is 1. The quantitative estimate of drug-likeness (QED) is 0.703. The number of furan rings is 1. The predicted octanol–water partition coefficient (Wildman–Crippen LogP) is 4.85. The minimum Gasteiger partial charge on any atom is -0.451 e. The maximum Gasteiger partial charge on any atom is 0.291 e. The number of para-hydroxylation sites is 1. The minimum absolute atomic E-state index is 0.201. The van der Waals surface area contributed by atoms with Crippen LogP contribution in [-0.4, -0.2) is 35.4 Å². The number of fused-ring (bicyclic) bond motifs is 1. The molecule has 0 aliphatic carbocycles. The lowest BCUT2D eigenvalue weighted by Crippen LogP contribution is -2.31. The van der Waals surface area contributed by atoms with Gasteiger partial charge in [-0.2, -0.15) is 11.8 Å². The molecule has 0 unspecified atom stereocenters. The summed E-state index contributed by atoms with van der Waals surface area (Å²) in [5.41, 5.74) is 4.81. The van der Waals surface area contributed by atoms with E-state index >= 15 is 0 Å². The van der Waals surface area contributed by atoms with Crippen molar-refractivity contribution >= 4 is 34.3 Å². The van der Waals surface area contributed by atoms with Crippen LogP contribution in [0.4, 0.5) is 5.69 Å². The van der Waals surface area contributed by atoms with Crippen molar-refractivity contribution < 1.29 is 9.21 Å². The molecule has 1 saturated heterocycles. The van der Waals surface area contributed by atoms with Crippen LogP contribution in [0.2, 0.25) is 0 Å². The van der Waals surface area contributed by atoms with E-state index in [1.54, 1.807) is 0 Å². The summed E-state index contributed by atoms with van der Waals surface area (Å²) >= 11 is 2.02. The van der Waals surface area contributed by atoms with Gasteiger partial charge in [0.25, 0.3) is 5.91 Å². The Labute approximate surface area is 163 Å². The summed E-state index contributed by atoms with van der Waals surface area (Å²) in [6, 6.07) is 14.0. The van der Waals surface area contributed by atoms with Crippen LogP contribution in [-0.2, 0) is 6.54 Å². The Kier molecular flexibility index (Phi) is 5.23. The third-order valence-electron chi connectivity index (χ3n) is 5.10. The fourth-order valence-electron chi connectivity index (χ4n) is 3.55. The average Bonchev–Trinajstić information content (AvgIpc) is 3.02. The van der Waals surface area contributed by atoms with Crippen LogP contribution in [0.5, 0.6) is 0 Å². The van der Waals surface area contributed by atoms with Gasteiger partial charge in [0.2, 0.25) is 0 Å². The van der Waals surface area contributed by atoms with E-state index < -0.39 is 0 Å². The molecule has 0 spiro atoms. The zero-order valence-electron chi connectivity index (χ0n) is 15.7. The molecule has 0 bridgehead atoms. The summed E-state index contributed by atoms with van der Waals surface area (Å²) in [7, 11) is 0. The third-order valence-corrected chi connectivity index (χ3v) is 6.04. The highest BCUT2D eigenvalue weighted by Gasteiger charge is 2.18. The van der Waals surface area contributed by atoms with Crippen LogP contribution in [0.3, 0.4) is 0 Å². The van der Waals surface area contributed by atoms with E-state index in [4.69, 9.17) is 4.42 Å². The normalized spacial score (nSPS) is 15.2. The highest BCUT2D eigenvalue weighted by molar-refractivity contribution is 7.99. The summed E-state index contributed by atoms with van der Waals surface area (Å²) < 4.78 is 5.78. The fourth-order valence-corrected chi connectivity index (χ4v) is 4.53. The van der Waals surface area contributed by atoms with Gasteiger partial charge in [0, 0.05) is 47.8 Å². The van der Waals surface area contributed by atoms with Gasteiger partial charge in [-0.3, -0.25) is 9.69 Å². The van der Waals surface area contributed by atoms with E-state index in [-0.39, 0.29) is 5.91 Å². The summed E-state index contributed by atoms with van der Waals surface area (Å²) in [6.45, 7) is 7.23. The van der Waals surface area contributed by atoms with Gasteiger partial charge in [0.05, 0.1) is 0 Å². The lowest BCUT2D eigenvalue weighted by Gasteiger charge is -2.26. The number of benzene rings is 2. The van der Waals surface area contributed by atoms with Gasteiger partial charge >= 0.3 is 0 Å². The van der Waals surface area contributed by atoms with Crippen LogP contribution in [0.25, 0.3) is 11.0 Å². The van der Waals surface area contributed by atoms with Gasteiger partial charge in [0.1, 0.15) is 5.58 Å². The predicted molar refractivity (Wildman–Crippen MR) is 113 cm³/mol. The first-order valence-corrected chi connectivity index (χ1v) is 10.5. The molecule has 0 saturated carbocycles. The van der Waals surface area contributed by atoms with E-state index in [1.807, 2.05) is 55.9 Å². The first-order chi connectivity index (χ1) is 13.1. The lowest BCUT2D eigenvalue weighted by molar-refractivity contribution is 0.0998. The van der Waals surface area contributed by atoms with Crippen molar-refractivity contribution in [3.8, 4) is 0 Å². The molecule has 1 amide bonds. The molecule has 1 fully saturated rings. The summed E-state index contributed by atoms with van der Waals surface area (Å²) in [5, 5.41) is 3.99. The van der Waals surface area contributed by atoms with Gasteiger partial charge in [-0.1, -0.05) is 30.3 Å². The van der Waals surface area contributed by atoms with E-state index in [0.717, 1.165) is 47.4 Å². The summed E-state index contributed by atoms with van der Waals surface area (Å²) in [6.07, 6.45) is 0. The highest BCUT2D eigenvalue weighted by atomic mass is 32.2. The zero-order valence-corrected chi connectivity index (χ0v) is 16.6. The van der Waals surface area contributed by atoms with E-state index in [9.17, 15) is 4.79 Å². The van der Waals surface area contributed by atoms with Crippen molar-refractivity contribution in [1.82, 2.24) is 4.90 Å². The number of nitrogens with one attached hydrogen (secondary N) is 1. The van der Waals surface area contributed by atoms with Gasteiger partial charge in [0.15, 0.2) is 5.76 Å². The number of nitrogens with zero attached hydrogens (tertiary/aromatic N) is 1. The van der Waals surface area contributed by atoms with Crippen LogP contribution in [0.15, 0.2) is 46.9 Å². The largest absolute Gasteiger partial charge is 0.451 e. The number of aryl methyl sites for hydroxylation is 2. The molecular formula is C22H24N2O2S. The number of carbonyl (C=O) groups is 1. The number of amides is 1. The number of anilines is 1. The zero-order chi connectivity index (χ0) is 18.8. The van der Waals surface area contributed by atoms with Crippen molar-refractivity contribution in [2.75, 3.05) is 29.9 Å². The molecule has 4 nitrogen and oxygen atoms in total. The first-order valence-electron chi connectivity index (χ1n) is 9.31. The Morgan fingerprint density at radius 3 is 2.67 bits per heavy atom. The number of carbonyl (C=O) groups excluding carboxylic acids is 1. The molecule has 0 atom stereocenters. The SMILES string of the molecule is Cc1cc(CN2CCSCC2)ccc1NC(=O)c1oc2ccccc2c1C. The van der Waals surface area contributed by atoms with Crippen molar-refractivity contribution in [3.63, 3.8) is 0 Å². The average molecular weight is 381 g/mol. The van der Waals surface area contributed by atoms with Gasteiger partial charge < -0.3 is 9.73 Å². The summed E-state index contributed by atoms with van der Waals surface area (Å²) in [4.78, 5) is 15.2. The Morgan fingerprint density at radius 1 is 1.15 bits per heavy atom.